The number of nitrogens with one attached hydrogen (secondary N) is 1. The molecule has 0 amide bonds. The number of hydrogen-bond donors (Lipinski definition) is 2. The lowest BCUT2D eigenvalue weighted by Gasteiger charge is -2.02. The predicted molar refractivity (Wildman–Crippen MR) is 43.4 cm³/mol. The van der Waals surface area contributed by atoms with Gasteiger partial charge in [0.2, 0.25) is 5.90 Å². The summed E-state index contributed by atoms with van der Waals surface area (Å²) in [7, 11) is 0. The number of ether oxygens (including phenoxy) is 1. The summed E-state index contributed by atoms with van der Waals surface area (Å²) in [4.78, 5) is 0. The zero-order valence-electron chi connectivity index (χ0n) is 6.08. The van der Waals surface area contributed by atoms with Gasteiger partial charge in [-0.25, -0.2) is 0 Å². The first-order chi connectivity index (χ1) is 5.34. The smallest absolute Gasteiger partial charge is 0.214 e. The summed E-state index contributed by atoms with van der Waals surface area (Å²) in [5, 5.41) is 7.33. The fraction of sp³-hybridized carbons (Fsp3) is 0.125. The van der Waals surface area contributed by atoms with E-state index in [2.05, 4.69) is 0 Å². The van der Waals surface area contributed by atoms with E-state index >= 15 is 0 Å². The standard InChI is InChI=1S/C8H10N2O/c9-6-11-8(10)7-4-2-1-3-5-7/h1-5,10H,6,9H2. The minimum Gasteiger partial charge on any atom is -0.462 e. The molecule has 0 saturated carbocycles. The molecule has 0 aliphatic rings. The normalized spacial score (nSPS) is 9.18. The Hall–Kier alpha value is -1.35. The van der Waals surface area contributed by atoms with Gasteiger partial charge in [0.25, 0.3) is 0 Å². The maximum Gasteiger partial charge on any atom is 0.214 e. The van der Waals surface area contributed by atoms with Gasteiger partial charge in [0, 0.05) is 5.56 Å². The van der Waals surface area contributed by atoms with Crippen molar-refractivity contribution >= 4 is 5.90 Å². The Morgan fingerprint density at radius 2 is 2.00 bits per heavy atom. The van der Waals surface area contributed by atoms with E-state index in [9.17, 15) is 0 Å². The largest absolute Gasteiger partial charge is 0.462 e. The van der Waals surface area contributed by atoms with Gasteiger partial charge in [-0.1, -0.05) is 18.2 Å². The van der Waals surface area contributed by atoms with Crippen molar-refractivity contribution in [1.29, 1.82) is 5.41 Å². The van der Waals surface area contributed by atoms with Crippen LogP contribution in [-0.4, -0.2) is 12.6 Å². The monoisotopic (exact) mass is 150 g/mol. The Kier molecular flexibility index (Phi) is 2.63. The van der Waals surface area contributed by atoms with Crippen LogP contribution in [0.25, 0.3) is 0 Å². The average molecular weight is 150 g/mol. The first-order valence-electron chi connectivity index (χ1n) is 3.31. The second kappa shape index (κ2) is 3.73. The van der Waals surface area contributed by atoms with Crippen LogP contribution in [-0.2, 0) is 4.74 Å². The second-order valence-electron chi connectivity index (χ2n) is 2.01. The third-order valence-corrected chi connectivity index (χ3v) is 1.26. The third kappa shape index (κ3) is 2.05. The van der Waals surface area contributed by atoms with Crippen LogP contribution in [0.4, 0.5) is 0 Å². The van der Waals surface area contributed by atoms with Crippen LogP contribution in [0.15, 0.2) is 30.3 Å². The SMILES string of the molecule is N=C(OCN)c1ccccc1. The predicted octanol–water partition coefficient (Wildman–Crippen LogP) is 0.945. The van der Waals surface area contributed by atoms with Crippen molar-refractivity contribution < 1.29 is 4.74 Å². The van der Waals surface area contributed by atoms with Crippen LogP contribution in [0.3, 0.4) is 0 Å². The molecule has 0 bridgehead atoms. The minimum atomic E-state index is 0.0493. The van der Waals surface area contributed by atoms with Crippen LogP contribution < -0.4 is 5.73 Å². The molecule has 0 heterocycles. The molecular formula is C8H10N2O. The highest BCUT2D eigenvalue weighted by Crippen LogP contribution is 1.99. The molecule has 0 unspecified atom stereocenters. The Bertz CT molecular complexity index is 233. The van der Waals surface area contributed by atoms with Crippen molar-refractivity contribution in [3.05, 3.63) is 35.9 Å². The van der Waals surface area contributed by atoms with Crippen LogP contribution in [0.2, 0.25) is 0 Å². The summed E-state index contributed by atoms with van der Waals surface area (Å²) in [6.45, 7) is 0.0493. The molecule has 0 spiro atoms. The van der Waals surface area contributed by atoms with Gasteiger partial charge in [0.15, 0.2) is 0 Å². The van der Waals surface area contributed by atoms with Crippen molar-refractivity contribution in [3.8, 4) is 0 Å². The molecule has 0 fully saturated rings. The zero-order valence-corrected chi connectivity index (χ0v) is 6.08. The van der Waals surface area contributed by atoms with E-state index in [1.165, 1.54) is 0 Å². The van der Waals surface area contributed by atoms with E-state index < -0.39 is 0 Å². The molecule has 0 aliphatic carbocycles. The Labute approximate surface area is 65.3 Å². The second-order valence-corrected chi connectivity index (χ2v) is 2.01. The summed E-state index contributed by atoms with van der Waals surface area (Å²) < 4.78 is 4.79. The highest BCUT2D eigenvalue weighted by Gasteiger charge is 1.97. The van der Waals surface area contributed by atoms with Crippen molar-refractivity contribution in [2.75, 3.05) is 6.73 Å². The summed E-state index contributed by atoms with van der Waals surface area (Å²) in [6.07, 6.45) is 0. The molecule has 0 aliphatic heterocycles. The van der Waals surface area contributed by atoms with E-state index in [0.29, 0.717) is 0 Å². The van der Waals surface area contributed by atoms with Crippen molar-refractivity contribution in [2.24, 2.45) is 5.73 Å². The molecular weight excluding hydrogens is 140 g/mol. The zero-order chi connectivity index (χ0) is 8.10. The molecule has 1 aromatic carbocycles. The first-order valence-corrected chi connectivity index (χ1v) is 3.31. The molecule has 0 atom stereocenters. The Morgan fingerprint density at radius 3 is 2.55 bits per heavy atom. The van der Waals surface area contributed by atoms with Gasteiger partial charge in [-0.2, -0.15) is 0 Å². The molecule has 3 nitrogen and oxygen atoms in total. The summed E-state index contributed by atoms with van der Waals surface area (Å²) >= 11 is 0. The van der Waals surface area contributed by atoms with Crippen LogP contribution in [0.5, 0.6) is 0 Å². The molecule has 0 aromatic heterocycles. The van der Waals surface area contributed by atoms with Crippen molar-refractivity contribution in [2.45, 2.75) is 0 Å². The number of nitrogens with two attached hydrogens (primary N) is 1. The van der Waals surface area contributed by atoms with E-state index in [1.54, 1.807) is 12.1 Å². The van der Waals surface area contributed by atoms with E-state index in [4.69, 9.17) is 15.9 Å². The lowest BCUT2D eigenvalue weighted by atomic mass is 10.2. The summed E-state index contributed by atoms with van der Waals surface area (Å²) in [5.74, 6) is 0.119. The van der Waals surface area contributed by atoms with Gasteiger partial charge in [-0.15, -0.1) is 0 Å². The highest BCUT2D eigenvalue weighted by molar-refractivity contribution is 5.91. The number of rotatable bonds is 2. The lowest BCUT2D eigenvalue weighted by Crippen LogP contribution is -2.11. The number of benzene rings is 1. The van der Waals surface area contributed by atoms with Crippen molar-refractivity contribution in [1.82, 2.24) is 0 Å². The quantitative estimate of drug-likeness (QED) is 0.374. The summed E-state index contributed by atoms with van der Waals surface area (Å²) in [6, 6.07) is 9.20. The maximum absolute atomic E-state index is 7.33. The minimum absolute atomic E-state index is 0.0493. The number of hydrogen-bond acceptors (Lipinski definition) is 3. The molecule has 1 aromatic rings. The van der Waals surface area contributed by atoms with Gasteiger partial charge in [-0.3, -0.25) is 11.1 Å². The van der Waals surface area contributed by atoms with E-state index in [-0.39, 0.29) is 12.6 Å². The Balaban J connectivity index is 2.69. The van der Waals surface area contributed by atoms with Crippen molar-refractivity contribution in [3.63, 3.8) is 0 Å². The molecule has 0 saturated heterocycles. The van der Waals surface area contributed by atoms with E-state index in [1.807, 2.05) is 18.2 Å². The van der Waals surface area contributed by atoms with Gasteiger partial charge < -0.3 is 4.74 Å². The van der Waals surface area contributed by atoms with Gasteiger partial charge in [0.1, 0.15) is 6.73 Å². The molecule has 58 valence electrons. The van der Waals surface area contributed by atoms with Crippen LogP contribution in [0, 0.1) is 5.41 Å². The third-order valence-electron chi connectivity index (χ3n) is 1.26. The lowest BCUT2D eigenvalue weighted by molar-refractivity contribution is 0.315. The van der Waals surface area contributed by atoms with Crippen LogP contribution in [0.1, 0.15) is 5.56 Å². The molecule has 1 rings (SSSR count). The van der Waals surface area contributed by atoms with Gasteiger partial charge in [0.05, 0.1) is 0 Å². The van der Waals surface area contributed by atoms with Crippen LogP contribution >= 0.6 is 0 Å². The topological polar surface area (TPSA) is 59.1 Å². The highest BCUT2D eigenvalue weighted by atomic mass is 16.5. The fourth-order valence-electron chi connectivity index (χ4n) is 0.756. The fourth-order valence-corrected chi connectivity index (χ4v) is 0.756. The molecule has 11 heavy (non-hydrogen) atoms. The maximum atomic E-state index is 7.33. The average Bonchev–Trinajstić information content (AvgIpc) is 2.07. The van der Waals surface area contributed by atoms with E-state index in [0.717, 1.165) is 5.56 Å². The molecule has 3 N–H and O–H groups in total. The summed E-state index contributed by atoms with van der Waals surface area (Å²) in [5.41, 5.74) is 5.85. The Morgan fingerprint density at radius 1 is 1.36 bits per heavy atom. The molecule has 3 heteroatoms. The first kappa shape index (κ1) is 7.75. The molecule has 0 radical (unpaired) electrons. The van der Waals surface area contributed by atoms with Gasteiger partial charge in [-0.05, 0) is 12.1 Å². The van der Waals surface area contributed by atoms with Gasteiger partial charge >= 0.3 is 0 Å².